The SMILES string of the molecule is COC(=O)Cn1nnc2c(sc3nc(N4CCOCC4)c4c(c32)CCC4)c1=O. The van der Waals surface area contributed by atoms with Crippen molar-refractivity contribution in [2.24, 2.45) is 0 Å². The van der Waals surface area contributed by atoms with Crippen LogP contribution in [0.1, 0.15) is 17.5 Å². The number of rotatable bonds is 3. The van der Waals surface area contributed by atoms with E-state index in [1.54, 1.807) is 0 Å². The second-order valence-electron chi connectivity index (χ2n) is 6.93. The maximum Gasteiger partial charge on any atom is 0.327 e. The lowest BCUT2D eigenvalue weighted by atomic mass is 10.1. The van der Waals surface area contributed by atoms with E-state index < -0.39 is 5.97 Å². The first kappa shape index (κ1) is 17.5. The van der Waals surface area contributed by atoms with Crippen LogP contribution in [-0.2, 0) is 33.7 Å². The van der Waals surface area contributed by atoms with Gasteiger partial charge in [-0.2, -0.15) is 4.68 Å². The number of esters is 1. The van der Waals surface area contributed by atoms with Crippen LogP contribution in [0.3, 0.4) is 0 Å². The van der Waals surface area contributed by atoms with Crippen molar-refractivity contribution in [1.29, 1.82) is 0 Å². The van der Waals surface area contributed by atoms with E-state index >= 15 is 0 Å². The first-order chi connectivity index (χ1) is 13.7. The van der Waals surface area contributed by atoms with Crippen LogP contribution < -0.4 is 10.5 Å². The molecule has 3 aromatic rings. The molecule has 1 aliphatic heterocycles. The molecule has 4 heterocycles. The molecule has 0 amide bonds. The van der Waals surface area contributed by atoms with Crippen LogP contribution in [0.4, 0.5) is 5.82 Å². The van der Waals surface area contributed by atoms with Gasteiger partial charge in [0.15, 0.2) is 0 Å². The maximum absolute atomic E-state index is 12.8. The molecule has 0 bridgehead atoms. The van der Waals surface area contributed by atoms with Crippen LogP contribution in [0.2, 0.25) is 0 Å². The maximum atomic E-state index is 12.8. The fraction of sp³-hybridized carbons (Fsp3) is 0.500. The summed E-state index contributed by atoms with van der Waals surface area (Å²) in [7, 11) is 1.28. The third kappa shape index (κ3) is 2.67. The minimum Gasteiger partial charge on any atom is -0.468 e. The van der Waals surface area contributed by atoms with E-state index in [9.17, 15) is 9.59 Å². The fourth-order valence-corrected chi connectivity index (χ4v) is 5.10. The second-order valence-corrected chi connectivity index (χ2v) is 7.93. The Morgan fingerprint density at radius 2 is 2.04 bits per heavy atom. The number of hydrogen-bond donors (Lipinski definition) is 0. The zero-order chi connectivity index (χ0) is 19.3. The van der Waals surface area contributed by atoms with E-state index in [0.717, 1.165) is 53.1 Å². The summed E-state index contributed by atoms with van der Waals surface area (Å²) in [4.78, 5) is 32.4. The topological polar surface area (TPSA) is 99.4 Å². The fourth-order valence-electron chi connectivity index (χ4n) is 4.02. The number of hydrogen-bond acceptors (Lipinski definition) is 9. The summed E-state index contributed by atoms with van der Waals surface area (Å²) in [6.07, 6.45) is 3.00. The first-order valence-corrected chi connectivity index (χ1v) is 10.1. The lowest BCUT2D eigenvalue weighted by Crippen LogP contribution is -2.37. The molecule has 28 heavy (non-hydrogen) atoms. The molecule has 0 spiro atoms. The minimum atomic E-state index is -0.537. The molecule has 3 aromatic heterocycles. The summed E-state index contributed by atoms with van der Waals surface area (Å²) in [5.74, 6) is 0.475. The largest absolute Gasteiger partial charge is 0.468 e. The Morgan fingerprint density at radius 1 is 1.25 bits per heavy atom. The number of methoxy groups -OCH3 is 1. The Morgan fingerprint density at radius 3 is 2.82 bits per heavy atom. The van der Waals surface area contributed by atoms with E-state index in [-0.39, 0.29) is 12.1 Å². The number of fused-ring (bicyclic) bond motifs is 5. The number of carbonyl (C=O) groups is 1. The van der Waals surface area contributed by atoms with Crippen molar-refractivity contribution in [3.8, 4) is 0 Å². The molecule has 0 saturated carbocycles. The average Bonchev–Trinajstić information content (AvgIpc) is 3.34. The molecule has 146 valence electrons. The zero-order valence-electron chi connectivity index (χ0n) is 15.4. The number of pyridine rings is 1. The summed E-state index contributed by atoms with van der Waals surface area (Å²) in [6.45, 7) is 2.79. The molecule has 0 aromatic carbocycles. The van der Waals surface area contributed by atoms with Crippen LogP contribution in [-0.4, -0.2) is 59.4 Å². The highest BCUT2D eigenvalue weighted by Gasteiger charge is 2.27. The van der Waals surface area contributed by atoms with Gasteiger partial charge >= 0.3 is 5.97 Å². The van der Waals surface area contributed by atoms with Gasteiger partial charge in [0.1, 0.15) is 27.4 Å². The lowest BCUT2D eigenvalue weighted by molar-refractivity contribution is -0.141. The van der Waals surface area contributed by atoms with Crippen molar-refractivity contribution in [3.63, 3.8) is 0 Å². The van der Waals surface area contributed by atoms with Gasteiger partial charge in [-0.3, -0.25) is 9.59 Å². The molecule has 10 heteroatoms. The molecule has 0 N–H and O–H groups in total. The van der Waals surface area contributed by atoms with Gasteiger partial charge < -0.3 is 14.4 Å². The van der Waals surface area contributed by atoms with Crippen molar-refractivity contribution in [2.45, 2.75) is 25.8 Å². The summed E-state index contributed by atoms with van der Waals surface area (Å²) >= 11 is 1.32. The Hall–Kier alpha value is -2.59. The molecule has 1 saturated heterocycles. The van der Waals surface area contributed by atoms with Gasteiger partial charge in [0.05, 0.1) is 20.3 Å². The number of aryl methyl sites for hydroxylation is 1. The van der Waals surface area contributed by atoms with Crippen LogP contribution in [0, 0.1) is 0 Å². The van der Waals surface area contributed by atoms with Gasteiger partial charge in [-0.05, 0) is 30.4 Å². The Labute approximate surface area is 163 Å². The average molecular weight is 401 g/mol. The molecule has 1 aliphatic carbocycles. The van der Waals surface area contributed by atoms with Gasteiger partial charge in [-0.25, -0.2) is 4.98 Å². The van der Waals surface area contributed by atoms with E-state index in [1.807, 2.05) is 0 Å². The highest BCUT2D eigenvalue weighted by Crippen LogP contribution is 2.40. The van der Waals surface area contributed by atoms with Gasteiger partial charge in [0, 0.05) is 18.5 Å². The first-order valence-electron chi connectivity index (χ1n) is 9.28. The number of thiophene rings is 1. The van der Waals surface area contributed by atoms with E-state index in [2.05, 4.69) is 19.9 Å². The van der Waals surface area contributed by atoms with Crippen molar-refractivity contribution in [2.75, 3.05) is 38.3 Å². The lowest BCUT2D eigenvalue weighted by Gasteiger charge is -2.29. The predicted molar refractivity (Wildman–Crippen MR) is 104 cm³/mol. The highest BCUT2D eigenvalue weighted by atomic mass is 32.1. The normalized spacial score (nSPS) is 16.7. The van der Waals surface area contributed by atoms with Crippen LogP contribution in [0.5, 0.6) is 0 Å². The summed E-state index contributed by atoms with van der Waals surface area (Å²) in [5.41, 5.74) is 2.75. The van der Waals surface area contributed by atoms with Crippen molar-refractivity contribution >= 4 is 43.6 Å². The smallest absolute Gasteiger partial charge is 0.327 e. The van der Waals surface area contributed by atoms with Crippen molar-refractivity contribution in [1.82, 2.24) is 20.0 Å². The molecule has 9 nitrogen and oxygen atoms in total. The van der Waals surface area contributed by atoms with E-state index in [4.69, 9.17) is 9.72 Å². The molecule has 0 atom stereocenters. The molecule has 2 aliphatic rings. The zero-order valence-corrected chi connectivity index (χ0v) is 16.3. The van der Waals surface area contributed by atoms with Crippen molar-refractivity contribution in [3.05, 3.63) is 21.5 Å². The van der Waals surface area contributed by atoms with Gasteiger partial charge in [0.25, 0.3) is 5.56 Å². The standard InChI is InChI=1S/C18H19N5O4S/c1-26-12(24)9-23-18(25)15-14(20-21-23)13-10-3-2-4-11(10)16(19-17(13)28-15)22-5-7-27-8-6-22/h2-9H2,1H3. The second kappa shape index (κ2) is 6.78. The third-order valence-electron chi connectivity index (χ3n) is 5.36. The van der Waals surface area contributed by atoms with Gasteiger partial charge in [-0.15, -0.1) is 16.4 Å². The summed E-state index contributed by atoms with van der Waals surface area (Å²) in [5, 5.41) is 9.18. The summed E-state index contributed by atoms with van der Waals surface area (Å²) < 4.78 is 11.6. The summed E-state index contributed by atoms with van der Waals surface area (Å²) in [6, 6.07) is 0. The number of anilines is 1. The van der Waals surface area contributed by atoms with Gasteiger partial charge in [0.2, 0.25) is 0 Å². The Kier molecular flexibility index (Phi) is 4.24. The van der Waals surface area contributed by atoms with Crippen molar-refractivity contribution < 1.29 is 14.3 Å². The number of carbonyl (C=O) groups excluding carboxylic acids is 1. The molecule has 5 rings (SSSR count). The van der Waals surface area contributed by atoms with Crippen LogP contribution >= 0.6 is 11.3 Å². The third-order valence-corrected chi connectivity index (χ3v) is 6.42. The highest BCUT2D eigenvalue weighted by molar-refractivity contribution is 7.25. The molecule has 0 unspecified atom stereocenters. The minimum absolute atomic E-state index is 0.253. The van der Waals surface area contributed by atoms with Crippen LogP contribution in [0.25, 0.3) is 20.4 Å². The van der Waals surface area contributed by atoms with Gasteiger partial charge in [-0.1, -0.05) is 5.21 Å². The number of nitrogens with zero attached hydrogens (tertiary/aromatic N) is 5. The number of morpholine rings is 1. The van der Waals surface area contributed by atoms with E-state index in [1.165, 1.54) is 29.6 Å². The quantitative estimate of drug-likeness (QED) is 0.597. The number of aromatic nitrogens is 4. The molecule has 0 radical (unpaired) electrons. The Balaban J connectivity index is 1.71. The predicted octanol–water partition coefficient (Wildman–Crippen LogP) is 0.899. The molecule has 1 fully saturated rings. The monoisotopic (exact) mass is 401 g/mol. The Bertz CT molecular complexity index is 1150. The molecular weight excluding hydrogens is 382 g/mol. The number of ether oxygens (including phenoxy) is 2. The van der Waals surface area contributed by atoms with E-state index in [0.29, 0.717) is 23.4 Å². The van der Waals surface area contributed by atoms with Crippen LogP contribution in [0.15, 0.2) is 4.79 Å². The molecular formula is C18H19N5O4S.